The molecule has 1 atom stereocenters. The molecule has 6 heteroatoms. The fourth-order valence-corrected chi connectivity index (χ4v) is 4.22. The van der Waals surface area contributed by atoms with Gasteiger partial charge in [0.2, 0.25) is 0 Å². The lowest BCUT2D eigenvalue weighted by Gasteiger charge is -2.16. The molecule has 0 aliphatic carbocycles. The van der Waals surface area contributed by atoms with Crippen LogP contribution in [-0.4, -0.2) is 24.1 Å². The van der Waals surface area contributed by atoms with E-state index in [1.165, 1.54) is 11.1 Å². The van der Waals surface area contributed by atoms with Gasteiger partial charge in [-0.15, -0.1) is 0 Å². The van der Waals surface area contributed by atoms with Gasteiger partial charge in [-0.25, -0.2) is 15.0 Å². The molecule has 3 aromatic heterocycles. The molecule has 2 aromatic carbocycles. The largest absolute Gasteiger partial charge is 0.293 e. The lowest BCUT2D eigenvalue weighted by atomic mass is 10.1. The molecule has 0 aliphatic rings. The van der Waals surface area contributed by atoms with Gasteiger partial charge < -0.3 is 0 Å². The van der Waals surface area contributed by atoms with Gasteiger partial charge in [0, 0.05) is 11.7 Å². The van der Waals surface area contributed by atoms with Crippen molar-refractivity contribution in [3.63, 3.8) is 0 Å². The van der Waals surface area contributed by atoms with E-state index in [0.717, 1.165) is 23.1 Å². The summed E-state index contributed by atoms with van der Waals surface area (Å²) in [6.07, 6.45) is 0.846. The van der Waals surface area contributed by atoms with E-state index in [9.17, 15) is 4.79 Å². The summed E-state index contributed by atoms with van der Waals surface area (Å²) in [5, 5.41) is 0.525. The first-order chi connectivity index (χ1) is 14.9. The molecule has 0 saturated heterocycles. The van der Waals surface area contributed by atoms with Gasteiger partial charge >= 0.3 is 0 Å². The molecule has 0 bridgehead atoms. The number of hydrogen-bond acceptors (Lipinski definition) is 4. The third-order valence-corrected chi connectivity index (χ3v) is 6.27. The van der Waals surface area contributed by atoms with Crippen LogP contribution in [0.15, 0.2) is 47.3 Å². The number of fused-ring (bicyclic) bond motifs is 4. The third kappa shape index (κ3) is 2.86. The second kappa shape index (κ2) is 7.01. The van der Waals surface area contributed by atoms with Gasteiger partial charge in [0.05, 0.1) is 11.0 Å². The smallest absolute Gasteiger partial charge is 0.265 e. The Bertz CT molecular complexity index is 1540. The lowest BCUT2D eigenvalue weighted by Crippen LogP contribution is -2.26. The van der Waals surface area contributed by atoms with Gasteiger partial charge in [-0.1, -0.05) is 25.1 Å². The van der Waals surface area contributed by atoms with E-state index >= 15 is 0 Å². The minimum absolute atomic E-state index is 0.0536. The Kier molecular flexibility index (Phi) is 4.39. The summed E-state index contributed by atoms with van der Waals surface area (Å²) in [5.74, 6) is 0.698. The Labute approximate surface area is 180 Å². The van der Waals surface area contributed by atoms with E-state index < -0.39 is 0 Å². The number of benzene rings is 2. The molecule has 0 radical (unpaired) electrons. The fraction of sp³-hybridized carbons (Fsp3) is 0.280. The molecular formula is C25H25N5O. The number of hydrogen-bond donors (Lipinski definition) is 0. The van der Waals surface area contributed by atoms with Crippen LogP contribution in [0.1, 0.15) is 43.3 Å². The Morgan fingerprint density at radius 3 is 2.29 bits per heavy atom. The summed E-state index contributed by atoms with van der Waals surface area (Å²) in [6, 6.07) is 14.1. The molecule has 0 amide bonds. The second-order valence-electron chi connectivity index (χ2n) is 8.28. The van der Waals surface area contributed by atoms with Crippen molar-refractivity contribution in [1.29, 1.82) is 0 Å². The predicted molar refractivity (Wildman–Crippen MR) is 125 cm³/mol. The molecule has 31 heavy (non-hydrogen) atoms. The van der Waals surface area contributed by atoms with Crippen LogP contribution in [0.4, 0.5) is 0 Å². The van der Waals surface area contributed by atoms with Crippen molar-refractivity contribution in [2.24, 2.45) is 0 Å². The molecule has 5 rings (SSSR count). The maximum atomic E-state index is 13.7. The Hall–Kier alpha value is -3.54. The highest BCUT2D eigenvalue weighted by Crippen LogP contribution is 2.30. The van der Waals surface area contributed by atoms with Crippen molar-refractivity contribution >= 4 is 33.2 Å². The van der Waals surface area contributed by atoms with E-state index in [4.69, 9.17) is 15.0 Å². The SMILES string of the molecule is CCC(C)n1c(C)nc2c(c1=O)c1nc3ccccc3nc1n2-c1ccc(C)c(C)c1. The van der Waals surface area contributed by atoms with Gasteiger partial charge in [-0.3, -0.25) is 13.9 Å². The van der Waals surface area contributed by atoms with E-state index in [1.54, 1.807) is 4.57 Å². The standard InChI is InChI=1S/C25H25N5O/c1-6-16(4)29-17(5)26-23-21(25(29)31)22-24(28-20-10-8-7-9-19(20)27-22)30(23)18-12-11-14(2)15(3)13-18/h7-13,16H,6H2,1-5H3. The summed E-state index contributed by atoms with van der Waals surface area (Å²) < 4.78 is 3.76. The molecule has 3 heterocycles. The number of aryl methyl sites for hydroxylation is 3. The number of para-hydroxylation sites is 2. The Morgan fingerprint density at radius 2 is 1.61 bits per heavy atom. The first-order valence-corrected chi connectivity index (χ1v) is 10.7. The molecular weight excluding hydrogens is 386 g/mol. The molecule has 1 unspecified atom stereocenters. The maximum absolute atomic E-state index is 13.7. The van der Waals surface area contributed by atoms with Crippen LogP contribution < -0.4 is 5.56 Å². The zero-order chi connectivity index (χ0) is 21.9. The van der Waals surface area contributed by atoms with Gasteiger partial charge in [-0.2, -0.15) is 0 Å². The highest BCUT2D eigenvalue weighted by atomic mass is 16.1. The molecule has 5 aromatic rings. The minimum atomic E-state index is -0.0611. The molecule has 0 fully saturated rings. The topological polar surface area (TPSA) is 65.6 Å². The summed E-state index contributed by atoms with van der Waals surface area (Å²) in [6.45, 7) is 10.2. The quantitative estimate of drug-likeness (QED) is 0.410. The van der Waals surface area contributed by atoms with Crippen LogP contribution >= 0.6 is 0 Å². The molecule has 156 valence electrons. The summed E-state index contributed by atoms with van der Waals surface area (Å²) in [7, 11) is 0. The minimum Gasteiger partial charge on any atom is -0.293 e. The number of nitrogens with zero attached hydrogens (tertiary/aromatic N) is 5. The molecule has 0 spiro atoms. The van der Waals surface area contributed by atoms with Crippen LogP contribution in [0.5, 0.6) is 0 Å². The van der Waals surface area contributed by atoms with E-state index in [2.05, 4.69) is 39.0 Å². The summed E-state index contributed by atoms with van der Waals surface area (Å²) in [5.41, 5.74) is 6.68. The van der Waals surface area contributed by atoms with Gasteiger partial charge in [0.25, 0.3) is 5.56 Å². The highest BCUT2D eigenvalue weighted by molar-refractivity contribution is 6.05. The molecule has 6 nitrogen and oxygen atoms in total. The maximum Gasteiger partial charge on any atom is 0.265 e. The summed E-state index contributed by atoms with van der Waals surface area (Å²) in [4.78, 5) is 28.4. The van der Waals surface area contributed by atoms with Crippen molar-refractivity contribution in [3.05, 3.63) is 69.8 Å². The second-order valence-corrected chi connectivity index (χ2v) is 8.28. The van der Waals surface area contributed by atoms with Crippen LogP contribution in [0.2, 0.25) is 0 Å². The molecule has 0 aliphatic heterocycles. The van der Waals surface area contributed by atoms with Crippen LogP contribution in [0.3, 0.4) is 0 Å². The third-order valence-electron chi connectivity index (χ3n) is 6.27. The monoisotopic (exact) mass is 411 g/mol. The highest BCUT2D eigenvalue weighted by Gasteiger charge is 2.23. The van der Waals surface area contributed by atoms with Crippen molar-refractivity contribution in [2.75, 3.05) is 0 Å². The summed E-state index contributed by atoms with van der Waals surface area (Å²) >= 11 is 0. The normalized spacial score (nSPS) is 12.8. The van der Waals surface area contributed by atoms with Crippen molar-refractivity contribution < 1.29 is 0 Å². The van der Waals surface area contributed by atoms with Crippen LogP contribution in [-0.2, 0) is 0 Å². The van der Waals surface area contributed by atoms with Crippen LogP contribution in [0.25, 0.3) is 38.9 Å². The zero-order valence-corrected chi connectivity index (χ0v) is 18.5. The van der Waals surface area contributed by atoms with Crippen molar-refractivity contribution in [3.8, 4) is 5.69 Å². The first-order valence-electron chi connectivity index (χ1n) is 10.7. The Balaban J connectivity index is 2.02. The van der Waals surface area contributed by atoms with Gasteiger partial charge in [-0.05, 0) is 69.5 Å². The average molecular weight is 412 g/mol. The van der Waals surface area contributed by atoms with Crippen molar-refractivity contribution in [1.82, 2.24) is 24.1 Å². The number of aromatic nitrogens is 5. The van der Waals surface area contributed by atoms with Crippen LogP contribution in [0, 0.1) is 20.8 Å². The Morgan fingerprint density at radius 1 is 0.903 bits per heavy atom. The van der Waals surface area contributed by atoms with Gasteiger partial charge in [0.15, 0.2) is 11.3 Å². The molecule has 0 saturated carbocycles. The number of rotatable bonds is 3. The van der Waals surface area contributed by atoms with E-state index in [0.29, 0.717) is 28.0 Å². The fourth-order valence-electron chi connectivity index (χ4n) is 4.22. The molecule has 0 N–H and O–H groups in total. The predicted octanol–water partition coefficient (Wildman–Crippen LogP) is 5.18. The lowest BCUT2D eigenvalue weighted by molar-refractivity contribution is 0.497. The first kappa shape index (κ1) is 19.4. The van der Waals surface area contributed by atoms with Crippen molar-refractivity contribution in [2.45, 2.75) is 47.1 Å². The van der Waals surface area contributed by atoms with Gasteiger partial charge in [0.1, 0.15) is 16.7 Å². The van der Waals surface area contributed by atoms with E-state index in [-0.39, 0.29) is 11.6 Å². The zero-order valence-electron chi connectivity index (χ0n) is 18.5. The van der Waals surface area contributed by atoms with E-state index in [1.807, 2.05) is 42.7 Å². The average Bonchev–Trinajstić information content (AvgIpc) is 3.06.